The van der Waals surface area contributed by atoms with Crippen LogP contribution in [0.2, 0.25) is 0 Å². The second-order valence-corrected chi connectivity index (χ2v) is 8.67. The van der Waals surface area contributed by atoms with Crippen molar-refractivity contribution in [2.75, 3.05) is 0 Å². The molecule has 0 unspecified atom stereocenters. The third-order valence-corrected chi connectivity index (χ3v) is 6.79. The molecular weight excluding hydrogens is 452 g/mol. The highest BCUT2D eigenvalue weighted by molar-refractivity contribution is 8.09. The summed E-state index contributed by atoms with van der Waals surface area (Å²) in [7, 11) is 0. The molecule has 33 heavy (non-hydrogen) atoms. The van der Waals surface area contributed by atoms with Gasteiger partial charge in [-0.05, 0) is 42.3 Å². The lowest BCUT2D eigenvalue weighted by molar-refractivity contribution is -0.384. The molecule has 0 bridgehead atoms. The van der Waals surface area contributed by atoms with E-state index >= 15 is 0 Å². The maximum Gasteiger partial charge on any atom is 0.356 e. The first-order valence-corrected chi connectivity index (χ1v) is 10.7. The van der Waals surface area contributed by atoms with Crippen molar-refractivity contribution < 1.29 is 34.3 Å². The van der Waals surface area contributed by atoms with Gasteiger partial charge in [0.25, 0.3) is 5.69 Å². The minimum absolute atomic E-state index is 0.0173. The van der Waals surface area contributed by atoms with Crippen LogP contribution in [0.5, 0.6) is 0 Å². The molecule has 1 saturated heterocycles. The monoisotopic (exact) mass is 470 g/mol. The molecule has 3 atom stereocenters. The van der Waals surface area contributed by atoms with E-state index in [2.05, 4.69) is 0 Å². The molecule has 1 amide bonds. The first kappa shape index (κ1) is 22.5. The number of hydrogen-bond donors (Lipinski definition) is 2. The average Bonchev–Trinajstić information content (AvgIpc) is 3.12. The molecular formula is C22H18N2O8S. The quantitative estimate of drug-likeness (QED) is 0.270. The first-order valence-electron chi connectivity index (χ1n) is 9.85. The van der Waals surface area contributed by atoms with Crippen LogP contribution < -0.4 is 0 Å². The number of nitrogens with zero attached hydrogens (tertiary/aromatic N) is 2. The van der Waals surface area contributed by atoms with E-state index in [1.165, 1.54) is 66.1 Å². The molecule has 1 fully saturated rings. The van der Waals surface area contributed by atoms with Crippen LogP contribution in [0, 0.1) is 16.0 Å². The standard InChI is InChI=1S/C22H18N2O8S/c1-11(25)16-19(26)23-17(22(29)32-10-12-5-7-15(8-6-12)24(30)31)18(33-20(16)23)13-3-2-4-14(9-13)21(27)28/h2-9,11,16,20,25H,10H2,1H3,(H,27,28)/t11-,16+,20-/m1/s1. The third kappa shape index (κ3) is 4.08. The minimum Gasteiger partial charge on any atom is -0.478 e. The number of carboxylic acid groups (broad SMARTS) is 1. The van der Waals surface area contributed by atoms with Crippen LogP contribution in [-0.4, -0.2) is 49.4 Å². The number of nitro benzene ring substituents is 1. The molecule has 0 spiro atoms. The van der Waals surface area contributed by atoms with Crippen LogP contribution in [0.1, 0.15) is 28.4 Å². The zero-order valence-electron chi connectivity index (χ0n) is 17.2. The molecule has 2 N–H and O–H groups in total. The van der Waals surface area contributed by atoms with Gasteiger partial charge in [0.1, 0.15) is 17.7 Å². The Morgan fingerprint density at radius 3 is 2.55 bits per heavy atom. The molecule has 2 aromatic carbocycles. The predicted molar refractivity (Wildman–Crippen MR) is 117 cm³/mol. The maximum atomic E-state index is 13.0. The number of β-lactam (4-membered cyclic amide) rings is 1. The molecule has 11 heteroatoms. The number of rotatable bonds is 7. The molecule has 2 heterocycles. The molecule has 0 radical (unpaired) electrons. The Hall–Kier alpha value is -3.70. The smallest absolute Gasteiger partial charge is 0.356 e. The number of nitro groups is 1. The van der Waals surface area contributed by atoms with Gasteiger partial charge in [-0.3, -0.25) is 19.8 Å². The van der Waals surface area contributed by atoms with Crippen LogP contribution in [0.3, 0.4) is 0 Å². The number of carbonyl (C=O) groups excluding carboxylic acids is 2. The van der Waals surface area contributed by atoms with Crippen molar-refractivity contribution >= 4 is 40.2 Å². The summed E-state index contributed by atoms with van der Waals surface area (Å²) in [5.74, 6) is -3.05. The van der Waals surface area contributed by atoms with Gasteiger partial charge in [-0.15, -0.1) is 0 Å². The van der Waals surface area contributed by atoms with Gasteiger partial charge in [0.05, 0.1) is 22.5 Å². The number of thioether (sulfide) groups is 1. The van der Waals surface area contributed by atoms with E-state index in [1.54, 1.807) is 6.07 Å². The first-order chi connectivity index (χ1) is 15.7. The molecule has 0 saturated carbocycles. The average molecular weight is 470 g/mol. The predicted octanol–water partition coefficient (Wildman–Crippen LogP) is 2.62. The largest absolute Gasteiger partial charge is 0.478 e. The molecule has 170 valence electrons. The topological polar surface area (TPSA) is 147 Å². The zero-order chi connectivity index (χ0) is 23.9. The minimum atomic E-state index is -1.14. The van der Waals surface area contributed by atoms with Gasteiger partial charge in [0.2, 0.25) is 5.91 Å². The summed E-state index contributed by atoms with van der Waals surface area (Å²) >= 11 is 1.19. The van der Waals surface area contributed by atoms with E-state index in [0.29, 0.717) is 16.0 Å². The van der Waals surface area contributed by atoms with E-state index in [0.717, 1.165) is 0 Å². The van der Waals surface area contributed by atoms with Crippen molar-refractivity contribution in [1.29, 1.82) is 0 Å². The number of carbonyl (C=O) groups is 3. The van der Waals surface area contributed by atoms with Crippen LogP contribution >= 0.6 is 11.8 Å². The second kappa shape index (κ2) is 8.68. The number of hydrogen-bond acceptors (Lipinski definition) is 8. The fraction of sp³-hybridized carbons (Fsp3) is 0.227. The van der Waals surface area contributed by atoms with Gasteiger partial charge >= 0.3 is 11.9 Å². The lowest BCUT2D eigenvalue weighted by Crippen LogP contribution is -2.60. The number of carboxylic acids is 1. The number of amides is 1. The number of non-ortho nitro benzene ring substituents is 1. The van der Waals surface area contributed by atoms with E-state index in [4.69, 9.17) is 4.74 Å². The van der Waals surface area contributed by atoms with Crippen LogP contribution in [0.15, 0.2) is 54.2 Å². The summed E-state index contributed by atoms with van der Waals surface area (Å²) < 4.78 is 5.39. The van der Waals surface area contributed by atoms with E-state index in [-0.39, 0.29) is 23.6 Å². The molecule has 10 nitrogen and oxygen atoms in total. The van der Waals surface area contributed by atoms with E-state index in [9.17, 15) is 34.7 Å². The van der Waals surface area contributed by atoms with Gasteiger partial charge in [-0.25, -0.2) is 9.59 Å². The number of esters is 1. The summed E-state index contributed by atoms with van der Waals surface area (Å²) in [6.45, 7) is 1.32. The van der Waals surface area contributed by atoms with Crippen molar-refractivity contribution in [3.05, 3.63) is 81.0 Å². The van der Waals surface area contributed by atoms with Crippen LogP contribution in [0.4, 0.5) is 5.69 Å². The highest BCUT2D eigenvalue weighted by Gasteiger charge is 2.58. The molecule has 0 aliphatic carbocycles. The van der Waals surface area contributed by atoms with Crippen molar-refractivity contribution in [2.45, 2.75) is 25.0 Å². The molecule has 2 aliphatic rings. The van der Waals surface area contributed by atoms with Crippen molar-refractivity contribution in [3.8, 4) is 0 Å². The molecule has 0 aromatic heterocycles. The Bertz CT molecular complexity index is 1190. The van der Waals surface area contributed by atoms with Crippen molar-refractivity contribution in [1.82, 2.24) is 4.90 Å². The molecule has 2 aliphatic heterocycles. The van der Waals surface area contributed by atoms with E-state index < -0.39 is 40.2 Å². The lowest BCUT2D eigenvalue weighted by Gasteiger charge is -2.43. The van der Waals surface area contributed by atoms with Gasteiger partial charge in [-0.2, -0.15) is 0 Å². The summed E-state index contributed by atoms with van der Waals surface area (Å²) in [6.07, 6.45) is -0.923. The third-order valence-electron chi connectivity index (χ3n) is 5.38. The normalized spacial score (nSPS) is 20.2. The number of fused-ring (bicyclic) bond motifs is 1. The number of aromatic carboxylic acids is 1. The van der Waals surface area contributed by atoms with Gasteiger partial charge in [0.15, 0.2) is 0 Å². The van der Waals surface area contributed by atoms with Crippen molar-refractivity contribution in [2.24, 2.45) is 5.92 Å². The molecule has 2 aromatic rings. The summed E-state index contributed by atoms with van der Waals surface area (Å²) in [5, 5.41) is 29.6. The van der Waals surface area contributed by atoms with Gasteiger partial charge in [0, 0.05) is 17.0 Å². The van der Waals surface area contributed by atoms with Gasteiger partial charge < -0.3 is 14.9 Å². The number of aliphatic hydroxyl groups excluding tert-OH is 1. The molecule has 4 rings (SSSR count). The highest BCUT2D eigenvalue weighted by atomic mass is 32.2. The van der Waals surface area contributed by atoms with Crippen LogP contribution in [0.25, 0.3) is 4.91 Å². The summed E-state index contributed by atoms with van der Waals surface area (Å²) in [6, 6.07) is 11.5. The Labute approximate surface area is 191 Å². The fourth-order valence-corrected chi connectivity index (χ4v) is 5.30. The van der Waals surface area contributed by atoms with Crippen LogP contribution in [-0.2, 0) is 20.9 Å². The summed E-state index contributed by atoms with van der Waals surface area (Å²) in [4.78, 5) is 49.0. The Balaban J connectivity index is 1.63. The van der Waals surface area contributed by atoms with Crippen molar-refractivity contribution in [3.63, 3.8) is 0 Å². The number of aliphatic hydroxyl groups is 1. The SMILES string of the molecule is C[C@@H](O)[C@H]1C(=O)N2C(C(=O)OCc3ccc([N+](=O)[O-])cc3)=C(c3cccc(C(=O)O)c3)S[C@H]12. The fourth-order valence-electron chi connectivity index (χ4n) is 3.70. The zero-order valence-corrected chi connectivity index (χ0v) is 18.0. The number of benzene rings is 2. The Kier molecular flexibility index (Phi) is 5.91. The number of ether oxygens (including phenoxy) is 1. The summed E-state index contributed by atoms with van der Waals surface area (Å²) in [5.41, 5.74) is 0.860. The van der Waals surface area contributed by atoms with Gasteiger partial charge in [-0.1, -0.05) is 23.9 Å². The lowest BCUT2D eigenvalue weighted by atomic mass is 9.92. The maximum absolute atomic E-state index is 13.0. The Morgan fingerprint density at radius 1 is 1.24 bits per heavy atom. The Morgan fingerprint density at radius 2 is 1.94 bits per heavy atom. The highest BCUT2D eigenvalue weighted by Crippen LogP contribution is 2.54. The second-order valence-electron chi connectivity index (χ2n) is 7.55. The van der Waals surface area contributed by atoms with E-state index in [1.807, 2.05) is 0 Å².